The fraction of sp³-hybridized carbons (Fsp3) is 0.571. The molecule has 1 heterocycles. The summed E-state index contributed by atoms with van der Waals surface area (Å²) in [6.45, 7) is 2.08. The quantitative estimate of drug-likeness (QED) is 0.842. The second-order valence-corrected chi connectivity index (χ2v) is 4.87. The highest BCUT2D eigenvalue weighted by molar-refractivity contribution is 5.57. The number of anilines is 1. The molecule has 3 nitrogen and oxygen atoms in total. The minimum absolute atomic E-state index is 0.364. The van der Waals surface area contributed by atoms with Gasteiger partial charge in [-0.2, -0.15) is 0 Å². The molecule has 1 fully saturated rings. The van der Waals surface area contributed by atoms with Crippen LogP contribution >= 0.6 is 0 Å². The van der Waals surface area contributed by atoms with Crippen LogP contribution in [-0.2, 0) is 0 Å². The van der Waals surface area contributed by atoms with E-state index in [4.69, 9.17) is 0 Å². The topological polar surface area (TPSA) is 35.5 Å². The van der Waals surface area contributed by atoms with Gasteiger partial charge in [-0.05, 0) is 31.5 Å². The minimum atomic E-state index is 0.364. The number of para-hydroxylation sites is 2. The Kier molecular flexibility index (Phi) is 4.26. The van der Waals surface area contributed by atoms with Gasteiger partial charge >= 0.3 is 0 Å². The van der Waals surface area contributed by atoms with E-state index < -0.39 is 0 Å². The molecule has 1 aromatic rings. The lowest BCUT2D eigenvalue weighted by Crippen LogP contribution is -2.39. The van der Waals surface area contributed by atoms with Crippen molar-refractivity contribution in [1.82, 2.24) is 5.32 Å². The number of rotatable bonds is 3. The second kappa shape index (κ2) is 5.92. The SMILES string of the molecule is CN(CC1CCCCCN1)c1ccccc1O. The highest BCUT2D eigenvalue weighted by Crippen LogP contribution is 2.25. The number of aromatic hydroxyl groups is 1. The van der Waals surface area contributed by atoms with Crippen molar-refractivity contribution in [3.63, 3.8) is 0 Å². The second-order valence-electron chi connectivity index (χ2n) is 4.87. The minimum Gasteiger partial charge on any atom is -0.506 e. The zero-order chi connectivity index (χ0) is 12.1. The van der Waals surface area contributed by atoms with Gasteiger partial charge in [0.05, 0.1) is 5.69 Å². The predicted octanol–water partition coefficient (Wildman–Crippen LogP) is 2.36. The van der Waals surface area contributed by atoms with Crippen LogP contribution in [0.1, 0.15) is 25.7 Å². The Morgan fingerprint density at radius 2 is 2.12 bits per heavy atom. The Morgan fingerprint density at radius 3 is 2.94 bits per heavy atom. The van der Waals surface area contributed by atoms with Crippen LogP contribution in [-0.4, -0.2) is 31.3 Å². The molecule has 1 atom stereocenters. The molecule has 0 radical (unpaired) electrons. The van der Waals surface area contributed by atoms with Crippen molar-refractivity contribution < 1.29 is 5.11 Å². The zero-order valence-corrected chi connectivity index (χ0v) is 10.5. The molecule has 2 rings (SSSR count). The zero-order valence-electron chi connectivity index (χ0n) is 10.5. The monoisotopic (exact) mass is 234 g/mol. The summed E-state index contributed by atoms with van der Waals surface area (Å²) >= 11 is 0. The summed E-state index contributed by atoms with van der Waals surface area (Å²) in [5.41, 5.74) is 0.915. The van der Waals surface area contributed by atoms with E-state index in [2.05, 4.69) is 10.2 Å². The molecular weight excluding hydrogens is 212 g/mol. The summed E-state index contributed by atoms with van der Waals surface area (Å²) < 4.78 is 0. The largest absolute Gasteiger partial charge is 0.506 e. The van der Waals surface area contributed by atoms with Crippen LogP contribution in [0.3, 0.4) is 0 Å². The molecule has 2 N–H and O–H groups in total. The summed E-state index contributed by atoms with van der Waals surface area (Å²) in [5.74, 6) is 0.364. The van der Waals surface area contributed by atoms with Gasteiger partial charge in [-0.15, -0.1) is 0 Å². The number of hydrogen-bond acceptors (Lipinski definition) is 3. The highest BCUT2D eigenvalue weighted by atomic mass is 16.3. The summed E-state index contributed by atoms with van der Waals surface area (Å²) in [5, 5.41) is 13.4. The number of likely N-dealkylation sites (N-methyl/N-ethyl adjacent to an activating group) is 1. The Hall–Kier alpha value is -1.22. The van der Waals surface area contributed by atoms with E-state index in [9.17, 15) is 5.11 Å². The lowest BCUT2D eigenvalue weighted by molar-refractivity contribution is 0.469. The van der Waals surface area contributed by atoms with E-state index in [1.54, 1.807) is 6.07 Å². The van der Waals surface area contributed by atoms with E-state index in [1.807, 2.05) is 25.2 Å². The van der Waals surface area contributed by atoms with Gasteiger partial charge in [0.15, 0.2) is 0 Å². The molecule has 1 aliphatic rings. The normalized spacial score (nSPS) is 20.9. The molecule has 1 aliphatic heterocycles. The number of hydrogen-bond donors (Lipinski definition) is 2. The average Bonchev–Trinajstić information content (AvgIpc) is 2.58. The standard InChI is InChI=1S/C14H22N2O/c1-16(13-8-4-5-9-14(13)17)11-12-7-3-2-6-10-15-12/h4-5,8-9,12,15,17H,2-3,6-7,10-11H2,1H3. The van der Waals surface area contributed by atoms with Gasteiger partial charge in [-0.25, -0.2) is 0 Å². The predicted molar refractivity (Wildman–Crippen MR) is 71.6 cm³/mol. The van der Waals surface area contributed by atoms with Crippen molar-refractivity contribution in [3.05, 3.63) is 24.3 Å². The van der Waals surface area contributed by atoms with Crippen molar-refractivity contribution in [2.45, 2.75) is 31.7 Å². The third-order valence-electron chi connectivity index (χ3n) is 3.45. The maximum absolute atomic E-state index is 9.80. The molecule has 1 saturated heterocycles. The maximum Gasteiger partial charge on any atom is 0.138 e. The third kappa shape index (κ3) is 3.37. The third-order valence-corrected chi connectivity index (χ3v) is 3.45. The van der Waals surface area contributed by atoms with Crippen molar-refractivity contribution in [3.8, 4) is 5.75 Å². The van der Waals surface area contributed by atoms with E-state index in [-0.39, 0.29) is 0 Å². The molecule has 3 heteroatoms. The van der Waals surface area contributed by atoms with Gasteiger partial charge in [-0.1, -0.05) is 25.0 Å². The summed E-state index contributed by atoms with van der Waals surface area (Å²) in [6.07, 6.45) is 5.17. The Bertz CT molecular complexity index is 346. The van der Waals surface area contributed by atoms with E-state index in [1.165, 1.54) is 25.7 Å². The maximum atomic E-state index is 9.80. The highest BCUT2D eigenvalue weighted by Gasteiger charge is 2.15. The van der Waals surface area contributed by atoms with Crippen LogP contribution in [0.4, 0.5) is 5.69 Å². The van der Waals surface area contributed by atoms with Gasteiger partial charge in [0.1, 0.15) is 5.75 Å². The fourth-order valence-electron chi connectivity index (χ4n) is 2.47. The molecule has 0 bridgehead atoms. The molecule has 0 amide bonds. The first-order chi connectivity index (χ1) is 8.27. The number of phenolic OH excluding ortho intramolecular Hbond substituents is 1. The lowest BCUT2D eigenvalue weighted by Gasteiger charge is -2.26. The Morgan fingerprint density at radius 1 is 1.29 bits per heavy atom. The van der Waals surface area contributed by atoms with Gasteiger partial charge in [0.2, 0.25) is 0 Å². The van der Waals surface area contributed by atoms with Crippen LogP contribution < -0.4 is 10.2 Å². The van der Waals surface area contributed by atoms with Gasteiger partial charge in [0.25, 0.3) is 0 Å². The first kappa shape index (κ1) is 12.2. The Labute approximate surface area is 103 Å². The van der Waals surface area contributed by atoms with E-state index in [0.29, 0.717) is 11.8 Å². The van der Waals surface area contributed by atoms with Crippen molar-refractivity contribution in [2.24, 2.45) is 0 Å². The fourth-order valence-corrected chi connectivity index (χ4v) is 2.47. The average molecular weight is 234 g/mol. The molecular formula is C14H22N2O. The van der Waals surface area contributed by atoms with Gasteiger partial charge in [0, 0.05) is 19.6 Å². The number of benzene rings is 1. The van der Waals surface area contributed by atoms with E-state index in [0.717, 1.165) is 18.8 Å². The van der Waals surface area contributed by atoms with Gasteiger partial charge in [-0.3, -0.25) is 0 Å². The lowest BCUT2D eigenvalue weighted by atomic mass is 10.1. The number of nitrogens with one attached hydrogen (secondary N) is 1. The molecule has 0 aromatic heterocycles. The van der Waals surface area contributed by atoms with Crippen LogP contribution in [0.25, 0.3) is 0 Å². The molecule has 1 aromatic carbocycles. The van der Waals surface area contributed by atoms with Crippen LogP contribution in [0, 0.1) is 0 Å². The number of nitrogens with zero attached hydrogens (tertiary/aromatic N) is 1. The number of phenols is 1. The van der Waals surface area contributed by atoms with Gasteiger partial charge < -0.3 is 15.3 Å². The smallest absolute Gasteiger partial charge is 0.138 e. The van der Waals surface area contributed by atoms with E-state index >= 15 is 0 Å². The van der Waals surface area contributed by atoms with Crippen LogP contribution in [0.2, 0.25) is 0 Å². The van der Waals surface area contributed by atoms with Crippen LogP contribution in [0.15, 0.2) is 24.3 Å². The van der Waals surface area contributed by atoms with Crippen molar-refractivity contribution >= 4 is 5.69 Å². The van der Waals surface area contributed by atoms with Crippen molar-refractivity contribution in [2.75, 3.05) is 25.0 Å². The first-order valence-electron chi connectivity index (χ1n) is 6.50. The summed E-state index contributed by atoms with van der Waals surface area (Å²) in [7, 11) is 2.04. The summed E-state index contributed by atoms with van der Waals surface area (Å²) in [4.78, 5) is 2.14. The molecule has 1 unspecified atom stereocenters. The first-order valence-corrected chi connectivity index (χ1v) is 6.50. The molecule has 17 heavy (non-hydrogen) atoms. The van der Waals surface area contributed by atoms with Crippen molar-refractivity contribution in [1.29, 1.82) is 0 Å². The molecule has 94 valence electrons. The summed E-state index contributed by atoms with van der Waals surface area (Å²) in [6, 6.07) is 8.07. The Balaban J connectivity index is 1.96. The van der Waals surface area contributed by atoms with Crippen LogP contribution in [0.5, 0.6) is 5.75 Å². The molecule has 0 aliphatic carbocycles. The molecule has 0 spiro atoms. The molecule has 0 saturated carbocycles.